The highest BCUT2D eigenvalue weighted by molar-refractivity contribution is 6.31. The molecule has 0 amide bonds. The van der Waals surface area contributed by atoms with Crippen molar-refractivity contribution in [1.29, 1.82) is 0 Å². The molecule has 0 saturated heterocycles. The molecule has 0 unspecified atom stereocenters. The summed E-state index contributed by atoms with van der Waals surface area (Å²) in [7, 11) is 0. The average Bonchev–Trinajstić information content (AvgIpc) is 2.35. The van der Waals surface area contributed by atoms with E-state index in [9.17, 15) is 8.78 Å². The summed E-state index contributed by atoms with van der Waals surface area (Å²) in [5.41, 5.74) is 2.19. The Bertz CT molecular complexity index is 582. The van der Waals surface area contributed by atoms with Gasteiger partial charge in [0.1, 0.15) is 10.8 Å². The fourth-order valence-electron chi connectivity index (χ4n) is 1.15. The first-order valence-corrected chi connectivity index (χ1v) is 5.10. The van der Waals surface area contributed by atoms with E-state index in [1.165, 1.54) is 6.20 Å². The van der Waals surface area contributed by atoms with Gasteiger partial charge >= 0.3 is 0 Å². The van der Waals surface area contributed by atoms with Gasteiger partial charge in [0.15, 0.2) is 11.6 Å². The minimum absolute atomic E-state index is 0.0527. The fourth-order valence-corrected chi connectivity index (χ4v) is 1.28. The van der Waals surface area contributed by atoms with Crippen LogP contribution in [0, 0.1) is 11.6 Å². The highest BCUT2D eigenvalue weighted by Crippen LogP contribution is 2.29. The van der Waals surface area contributed by atoms with Crippen LogP contribution in [0.1, 0.15) is 0 Å². The lowest BCUT2D eigenvalue weighted by atomic mass is 10.3. The van der Waals surface area contributed by atoms with Gasteiger partial charge in [-0.3, -0.25) is 5.43 Å². The number of ether oxygens (including phenoxy) is 1. The van der Waals surface area contributed by atoms with Gasteiger partial charge in [0.25, 0.3) is 0 Å². The second-order valence-corrected chi connectivity index (χ2v) is 3.58. The lowest BCUT2D eigenvalue weighted by molar-refractivity contribution is 0.423. The molecule has 2 aromatic rings. The van der Waals surface area contributed by atoms with Crippen molar-refractivity contribution in [3.8, 4) is 11.6 Å². The molecular formula is C10H7ClF2N4O. The zero-order chi connectivity index (χ0) is 13.1. The number of hydrogen-bond donors (Lipinski definition) is 2. The molecule has 2 rings (SSSR count). The van der Waals surface area contributed by atoms with Crippen molar-refractivity contribution in [2.75, 3.05) is 5.43 Å². The minimum atomic E-state index is -0.869. The molecule has 0 spiro atoms. The van der Waals surface area contributed by atoms with E-state index in [-0.39, 0.29) is 22.6 Å². The van der Waals surface area contributed by atoms with Crippen LogP contribution < -0.4 is 16.0 Å². The number of nitrogens with zero attached hydrogens (tertiary/aromatic N) is 2. The van der Waals surface area contributed by atoms with Crippen LogP contribution in [-0.2, 0) is 0 Å². The molecule has 3 N–H and O–H groups in total. The Morgan fingerprint density at radius 1 is 1.33 bits per heavy atom. The van der Waals surface area contributed by atoms with Gasteiger partial charge in [-0.05, 0) is 12.1 Å². The molecule has 0 aliphatic carbocycles. The number of nitrogens with two attached hydrogens (primary N) is 1. The summed E-state index contributed by atoms with van der Waals surface area (Å²) in [6.07, 6.45) is 1.24. The Hall–Kier alpha value is -1.99. The molecule has 0 atom stereocenters. The van der Waals surface area contributed by atoms with Crippen LogP contribution in [0.2, 0.25) is 5.02 Å². The first kappa shape index (κ1) is 12.5. The van der Waals surface area contributed by atoms with Gasteiger partial charge in [0.05, 0.1) is 6.20 Å². The molecule has 0 aliphatic heterocycles. The smallest absolute Gasteiger partial charge is 0.243 e. The SMILES string of the molecule is NNc1ncc(Cl)c(Oc2ccc(F)cc2F)n1. The maximum absolute atomic E-state index is 13.4. The lowest BCUT2D eigenvalue weighted by Gasteiger charge is -2.08. The third-order valence-corrected chi connectivity index (χ3v) is 2.20. The van der Waals surface area contributed by atoms with Crippen LogP contribution in [0.25, 0.3) is 0 Å². The normalized spacial score (nSPS) is 10.2. The summed E-state index contributed by atoms with van der Waals surface area (Å²) in [6, 6.07) is 2.86. The van der Waals surface area contributed by atoms with E-state index in [1.807, 2.05) is 0 Å². The van der Waals surface area contributed by atoms with Gasteiger partial charge in [-0.15, -0.1) is 0 Å². The third kappa shape index (κ3) is 2.63. The number of hydrazine groups is 1. The molecule has 0 aliphatic rings. The molecular weight excluding hydrogens is 266 g/mol. The van der Waals surface area contributed by atoms with E-state index in [0.717, 1.165) is 12.1 Å². The van der Waals surface area contributed by atoms with Crippen molar-refractivity contribution in [1.82, 2.24) is 9.97 Å². The van der Waals surface area contributed by atoms with Crippen LogP contribution in [0.15, 0.2) is 24.4 Å². The van der Waals surface area contributed by atoms with Crippen LogP contribution in [0.4, 0.5) is 14.7 Å². The van der Waals surface area contributed by atoms with Gasteiger partial charge in [-0.1, -0.05) is 11.6 Å². The monoisotopic (exact) mass is 272 g/mol. The van der Waals surface area contributed by atoms with Gasteiger partial charge < -0.3 is 4.74 Å². The third-order valence-electron chi connectivity index (χ3n) is 1.94. The van der Waals surface area contributed by atoms with Crippen molar-refractivity contribution in [3.05, 3.63) is 41.1 Å². The Labute approximate surface area is 106 Å². The Balaban J connectivity index is 2.33. The maximum Gasteiger partial charge on any atom is 0.243 e. The van der Waals surface area contributed by atoms with Crippen LogP contribution in [0.5, 0.6) is 11.6 Å². The highest BCUT2D eigenvalue weighted by atomic mass is 35.5. The molecule has 0 fully saturated rings. The van der Waals surface area contributed by atoms with Gasteiger partial charge in [-0.25, -0.2) is 19.6 Å². The number of rotatable bonds is 3. The minimum Gasteiger partial charge on any atom is -0.434 e. The maximum atomic E-state index is 13.4. The van der Waals surface area contributed by atoms with E-state index < -0.39 is 11.6 Å². The molecule has 0 saturated carbocycles. The van der Waals surface area contributed by atoms with Crippen LogP contribution in [0.3, 0.4) is 0 Å². The molecule has 0 radical (unpaired) electrons. The number of anilines is 1. The quantitative estimate of drug-likeness (QED) is 0.663. The van der Waals surface area contributed by atoms with Gasteiger partial charge in [0.2, 0.25) is 11.8 Å². The summed E-state index contributed by atoms with van der Waals surface area (Å²) in [4.78, 5) is 7.51. The van der Waals surface area contributed by atoms with Crippen LogP contribution in [-0.4, -0.2) is 9.97 Å². The summed E-state index contributed by atoms with van der Waals surface area (Å²) >= 11 is 5.77. The Kier molecular flexibility index (Phi) is 3.54. The van der Waals surface area contributed by atoms with E-state index in [1.54, 1.807) is 0 Å². The number of nitrogens with one attached hydrogen (secondary N) is 1. The molecule has 1 aromatic heterocycles. The largest absolute Gasteiger partial charge is 0.434 e. The predicted octanol–water partition coefficient (Wildman–Crippen LogP) is 2.49. The first-order valence-electron chi connectivity index (χ1n) is 4.72. The number of halogens is 3. The predicted molar refractivity (Wildman–Crippen MR) is 61.3 cm³/mol. The zero-order valence-corrected chi connectivity index (χ0v) is 9.58. The van der Waals surface area contributed by atoms with Gasteiger partial charge in [0, 0.05) is 6.07 Å². The van der Waals surface area contributed by atoms with E-state index in [4.69, 9.17) is 22.2 Å². The second-order valence-electron chi connectivity index (χ2n) is 3.17. The molecule has 0 bridgehead atoms. The van der Waals surface area contributed by atoms with Crippen molar-refractivity contribution in [3.63, 3.8) is 0 Å². The molecule has 1 heterocycles. The fraction of sp³-hybridized carbons (Fsp3) is 0. The summed E-state index contributed by atoms with van der Waals surface area (Å²) in [5, 5.41) is 0.0673. The Morgan fingerprint density at radius 3 is 2.78 bits per heavy atom. The molecule has 94 valence electrons. The standard InChI is InChI=1S/C10H7ClF2N4O/c11-6-4-15-10(17-14)16-9(6)18-8-2-1-5(12)3-7(8)13/h1-4H,14H2,(H,15,16,17). The summed E-state index contributed by atoms with van der Waals surface area (Å²) in [5.74, 6) is 3.29. The molecule has 8 heteroatoms. The second kappa shape index (κ2) is 5.11. The number of aromatic nitrogens is 2. The van der Waals surface area contributed by atoms with Crippen molar-refractivity contribution in [2.45, 2.75) is 0 Å². The molecule has 18 heavy (non-hydrogen) atoms. The lowest BCUT2D eigenvalue weighted by Crippen LogP contribution is -2.10. The number of benzene rings is 1. The van der Waals surface area contributed by atoms with E-state index >= 15 is 0 Å². The first-order chi connectivity index (χ1) is 8.60. The number of nitrogen functional groups attached to an aromatic ring is 1. The average molecular weight is 273 g/mol. The zero-order valence-electron chi connectivity index (χ0n) is 8.82. The Morgan fingerprint density at radius 2 is 2.11 bits per heavy atom. The highest BCUT2D eigenvalue weighted by Gasteiger charge is 2.11. The topological polar surface area (TPSA) is 73.1 Å². The van der Waals surface area contributed by atoms with E-state index in [0.29, 0.717) is 6.07 Å². The number of hydrogen-bond acceptors (Lipinski definition) is 5. The van der Waals surface area contributed by atoms with Crippen LogP contribution >= 0.6 is 11.6 Å². The molecule has 1 aromatic carbocycles. The van der Waals surface area contributed by atoms with Crippen molar-refractivity contribution >= 4 is 17.5 Å². The van der Waals surface area contributed by atoms with Crippen molar-refractivity contribution in [2.24, 2.45) is 5.84 Å². The van der Waals surface area contributed by atoms with E-state index in [2.05, 4.69) is 15.4 Å². The molecule has 5 nitrogen and oxygen atoms in total. The van der Waals surface area contributed by atoms with Gasteiger partial charge in [-0.2, -0.15) is 4.98 Å². The summed E-state index contributed by atoms with van der Waals surface area (Å²) < 4.78 is 31.2. The van der Waals surface area contributed by atoms with Crippen molar-refractivity contribution < 1.29 is 13.5 Å². The summed E-state index contributed by atoms with van der Waals surface area (Å²) in [6.45, 7) is 0.